The minimum absolute atomic E-state index is 0.0461. The van der Waals surface area contributed by atoms with Crippen LogP contribution >= 0.6 is 11.6 Å². The molecule has 8 heteroatoms. The molecule has 0 bridgehead atoms. The molecule has 1 aromatic carbocycles. The molecule has 1 saturated carbocycles. The lowest BCUT2D eigenvalue weighted by atomic mass is 9.83. The molecule has 1 fully saturated rings. The Hall–Kier alpha value is -2.67. The van der Waals surface area contributed by atoms with E-state index >= 15 is 0 Å². The van der Waals surface area contributed by atoms with Crippen molar-refractivity contribution in [1.82, 2.24) is 9.97 Å². The van der Waals surface area contributed by atoms with E-state index in [1.54, 1.807) is 18.5 Å². The van der Waals surface area contributed by atoms with Gasteiger partial charge in [0.25, 0.3) is 0 Å². The summed E-state index contributed by atoms with van der Waals surface area (Å²) < 4.78 is 26.8. The maximum Gasteiger partial charge on any atom is 0.248 e. The zero-order valence-corrected chi connectivity index (χ0v) is 17.3. The quantitative estimate of drug-likeness (QED) is 0.472. The van der Waals surface area contributed by atoms with Crippen molar-refractivity contribution in [3.8, 4) is 0 Å². The van der Waals surface area contributed by atoms with Crippen molar-refractivity contribution < 1.29 is 13.6 Å². The van der Waals surface area contributed by atoms with Crippen LogP contribution < -0.4 is 10.6 Å². The molecule has 2 aromatic heterocycles. The fourth-order valence-electron chi connectivity index (χ4n) is 4.01. The van der Waals surface area contributed by atoms with Crippen LogP contribution in [0.2, 0.25) is 5.02 Å². The summed E-state index contributed by atoms with van der Waals surface area (Å²) in [6.45, 7) is 1.98. The number of aromatic amines is 1. The predicted molar refractivity (Wildman–Crippen MR) is 116 cm³/mol. The number of halogens is 3. The lowest BCUT2D eigenvalue weighted by Crippen LogP contribution is -2.24. The first kappa shape index (κ1) is 20.6. The highest BCUT2D eigenvalue weighted by molar-refractivity contribution is 6.31. The zero-order valence-electron chi connectivity index (χ0n) is 16.6. The molecule has 5 nitrogen and oxygen atoms in total. The first-order valence-electron chi connectivity index (χ1n) is 9.95. The van der Waals surface area contributed by atoms with Crippen molar-refractivity contribution in [3.05, 3.63) is 52.9 Å². The average Bonchev–Trinajstić information content (AvgIpc) is 3.09. The molecule has 3 N–H and O–H groups in total. The number of nitrogens with zero attached hydrogens (tertiary/aromatic N) is 1. The highest BCUT2D eigenvalue weighted by Gasteiger charge is 2.36. The molecule has 0 unspecified atom stereocenters. The van der Waals surface area contributed by atoms with E-state index < -0.39 is 5.92 Å². The van der Waals surface area contributed by atoms with E-state index in [0.717, 1.165) is 27.8 Å². The molecule has 4 rings (SSSR count). The Balaban J connectivity index is 1.36. The summed E-state index contributed by atoms with van der Waals surface area (Å²) in [4.78, 5) is 20.0. The Morgan fingerprint density at radius 3 is 2.80 bits per heavy atom. The molecule has 0 radical (unpaired) electrons. The van der Waals surface area contributed by atoms with Crippen molar-refractivity contribution in [2.24, 2.45) is 0 Å². The van der Waals surface area contributed by atoms with Crippen molar-refractivity contribution >= 4 is 39.8 Å². The smallest absolute Gasteiger partial charge is 0.248 e. The maximum absolute atomic E-state index is 13.4. The van der Waals surface area contributed by atoms with Gasteiger partial charge in [-0.2, -0.15) is 0 Å². The van der Waals surface area contributed by atoms with Crippen molar-refractivity contribution in [3.63, 3.8) is 0 Å². The monoisotopic (exact) mass is 432 g/mol. The van der Waals surface area contributed by atoms with Crippen molar-refractivity contribution in [2.75, 3.05) is 17.2 Å². The lowest BCUT2D eigenvalue weighted by Gasteiger charge is -2.28. The van der Waals surface area contributed by atoms with Crippen LogP contribution in [0.4, 0.5) is 20.2 Å². The number of pyridine rings is 1. The van der Waals surface area contributed by atoms with Crippen LogP contribution in [-0.2, 0) is 4.79 Å². The topological polar surface area (TPSA) is 69.8 Å². The second kappa shape index (κ2) is 8.22. The molecule has 30 heavy (non-hydrogen) atoms. The summed E-state index contributed by atoms with van der Waals surface area (Å²) in [5.41, 5.74) is 4.06. The van der Waals surface area contributed by atoms with Crippen molar-refractivity contribution in [2.45, 2.75) is 44.4 Å². The average molecular weight is 433 g/mol. The number of aryl methyl sites for hydroxylation is 1. The first-order valence-corrected chi connectivity index (χ1v) is 10.3. The molecular weight excluding hydrogens is 410 g/mol. The molecule has 0 atom stereocenters. The van der Waals surface area contributed by atoms with Crippen LogP contribution in [0.3, 0.4) is 0 Å². The maximum atomic E-state index is 13.4. The van der Waals surface area contributed by atoms with E-state index in [2.05, 4.69) is 20.6 Å². The van der Waals surface area contributed by atoms with Gasteiger partial charge in [-0.05, 0) is 49.6 Å². The van der Waals surface area contributed by atoms with Gasteiger partial charge >= 0.3 is 0 Å². The summed E-state index contributed by atoms with van der Waals surface area (Å²) in [7, 11) is 0. The fraction of sp³-hybridized carbons (Fsp3) is 0.364. The van der Waals surface area contributed by atoms with Gasteiger partial charge < -0.3 is 15.6 Å². The number of carbonyl (C=O) groups excluding carboxylic acids is 1. The molecule has 1 aliphatic rings. The molecule has 0 spiro atoms. The minimum atomic E-state index is -2.55. The Labute approximate surface area is 178 Å². The molecule has 3 aromatic rings. The number of amides is 1. The van der Waals surface area contributed by atoms with Gasteiger partial charge in [0.2, 0.25) is 11.8 Å². The highest BCUT2D eigenvalue weighted by atomic mass is 35.5. The number of nitrogens with one attached hydrogen (secondary N) is 3. The summed E-state index contributed by atoms with van der Waals surface area (Å²) in [6, 6.07) is 7.36. The van der Waals surface area contributed by atoms with Gasteiger partial charge in [0.15, 0.2) is 0 Å². The van der Waals surface area contributed by atoms with Crippen molar-refractivity contribution in [1.29, 1.82) is 0 Å². The van der Waals surface area contributed by atoms with Gasteiger partial charge in [-0.25, -0.2) is 8.78 Å². The van der Waals surface area contributed by atoms with Crippen LogP contribution in [-0.4, -0.2) is 28.3 Å². The van der Waals surface area contributed by atoms with Gasteiger partial charge in [-0.3, -0.25) is 9.78 Å². The SMILES string of the molecule is Cc1cc(NC(=O)CNc2c[nH]c3ccc(Cl)cc23)cnc1C1CCC(F)(F)CC1. The number of hydrogen-bond donors (Lipinski definition) is 3. The van der Waals surface area contributed by atoms with Gasteiger partial charge in [0, 0.05) is 46.6 Å². The number of fused-ring (bicyclic) bond motifs is 1. The predicted octanol–water partition coefficient (Wildman–Crippen LogP) is 5.87. The van der Waals surface area contributed by atoms with Crippen LogP contribution in [0.15, 0.2) is 36.7 Å². The molecule has 0 aliphatic heterocycles. The van der Waals surface area contributed by atoms with Gasteiger partial charge in [-0.15, -0.1) is 0 Å². The minimum Gasteiger partial charge on any atom is -0.374 e. The summed E-state index contributed by atoms with van der Waals surface area (Å²) in [5, 5.41) is 7.47. The molecule has 0 saturated heterocycles. The van der Waals surface area contributed by atoms with Crippen LogP contribution in [0.1, 0.15) is 42.9 Å². The molecular formula is C22H23ClF2N4O. The number of hydrogen-bond acceptors (Lipinski definition) is 3. The highest BCUT2D eigenvalue weighted by Crippen LogP contribution is 2.41. The Morgan fingerprint density at radius 2 is 2.07 bits per heavy atom. The zero-order chi connectivity index (χ0) is 21.3. The number of aromatic nitrogens is 2. The number of benzene rings is 1. The van der Waals surface area contributed by atoms with E-state index in [-0.39, 0.29) is 31.2 Å². The third-order valence-corrected chi connectivity index (χ3v) is 5.82. The third kappa shape index (κ3) is 4.56. The third-order valence-electron chi connectivity index (χ3n) is 5.59. The second-order valence-corrected chi connectivity index (χ2v) is 8.29. The number of anilines is 2. The van der Waals surface area contributed by atoms with E-state index in [9.17, 15) is 13.6 Å². The molecule has 1 aliphatic carbocycles. The Morgan fingerprint density at radius 1 is 1.30 bits per heavy atom. The van der Waals surface area contributed by atoms with E-state index in [0.29, 0.717) is 23.6 Å². The first-order chi connectivity index (χ1) is 14.3. The summed E-state index contributed by atoms with van der Waals surface area (Å²) in [5.74, 6) is -2.72. The largest absolute Gasteiger partial charge is 0.374 e. The van der Waals surface area contributed by atoms with Crippen LogP contribution in [0, 0.1) is 6.92 Å². The standard InChI is InChI=1S/C22H23ClF2N4O/c1-13-8-16(10-28-21(13)14-4-6-22(24,25)7-5-14)29-20(30)12-27-19-11-26-18-3-2-15(23)9-17(18)19/h2-3,8-11,14,26-27H,4-7,12H2,1H3,(H,29,30). The van der Waals surface area contributed by atoms with Crippen LogP contribution in [0.5, 0.6) is 0 Å². The van der Waals surface area contributed by atoms with E-state index in [4.69, 9.17) is 11.6 Å². The fourth-order valence-corrected chi connectivity index (χ4v) is 4.19. The van der Waals surface area contributed by atoms with E-state index in [1.807, 2.05) is 25.1 Å². The lowest BCUT2D eigenvalue weighted by molar-refractivity contribution is -0.114. The Kier molecular flexibility index (Phi) is 5.64. The number of H-pyrrole nitrogens is 1. The van der Waals surface area contributed by atoms with E-state index in [1.165, 1.54) is 0 Å². The number of carbonyl (C=O) groups is 1. The Bertz CT molecular complexity index is 1070. The molecule has 158 valence electrons. The van der Waals surface area contributed by atoms with Gasteiger partial charge in [0.1, 0.15) is 0 Å². The second-order valence-electron chi connectivity index (χ2n) is 7.85. The number of rotatable bonds is 5. The summed E-state index contributed by atoms with van der Waals surface area (Å²) in [6.07, 6.45) is 4.07. The summed E-state index contributed by atoms with van der Waals surface area (Å²) >= 11 is 6.05. The molecule has 2 heterocycles. The number of alkyl halides is 2. The molecule has 1 amide bonds. The van der Waals surface area contributed by atoms with Gasteiger partial charge in [-0.1, -0.05) is 11.6 Å². The normalized spacial score (nSPS) is 16.5. The van der Waals surface area contributed by atoms with Gasteiger partial charge in [0.05, 0.1) is 24.1 Å². The van der Waals surface area contributed by atoms with Crippen LogP contribution in [0.25, 0.3) is 10.9 Å².